The van der Waals surface area contributed by atoms with Crippen molar-refractivity contribution in [3.8, 4) is 0 Å². The van der Waals surface area contributed by atoms with Crippen molar-refractivity contribution in [1.29, 1.82) is 0 Å². The third kappa shape index (κ3) is 4.24. The monoisotopic (exact) mass is 372 g/mol. The minimum atomic E-state index is -0.0408. The van der Waals surface area contributed by atoms with Gasteiger partial charge in [-0.2, -0.15) is 4.98 Å². The summed E-state index contributed by atoms with van der Waals surface area (Å²) in [6.07, 6.45) is 6.74. The molecule has 1 amide bonds. The summed E-state index contributed by atoms with van der Waals surface area (Å²) in [4.78, 5) is 19.4. The van der Waals surface area contributed by atoms with Crippen LogP contribution in [-0.2, 0) is 6.54 Å². The van der Waals surface area contributed by atoms with Crippen LogP contribution in [0.5, 0.6) is 0 Å². The van der Waals surface area contributed by atoms with Gasteiger partial charge in [-0.1, -0.05) is 18.0 Å². The molecule has 0 aromatic carbocycles. The largest absolute Gasteiger partial charge is 0.466 e. The van der Waals surface area contributed by atoms with Crippen LogP contribution in [0.3, 0.4) is 0 Å². The average Bonchev–Trinajstić information content (AvgIpc) is 3.37. The lowest BCUT2D eigenvalue weighted by Crippen LogP contribution is -2.44. The Morgan fingerprint density at radius 1 is 1.22 bits per heavy atom. The number of rotatable bonds is 5. The lowest BCUT2D eigenvalue weighted by molar-refractivity contribution is 0.0903. The molecule has 2 aliphatic rings. The molecule has 7 nitrogen and oxygen atoms in total. The standard InChI is InChI=1S/C20H28N4O3/c1-13-11-17(14(2)26-13)20(25)21-16-7-9-24(10-8-16)12-18-22-19(23-27-18)15-5-3-4-6-15/h11,15-16H,3-10,12H2,1-2H3,(H,21,25). The van der Waals surface area contributed by atoms with Gasteiger partial charge in [-0.05, 0) is 45.6 Å². The molecule has 7 heteroatoms. The van der Waals surface area contributed by atoms with E-state index in [0.29, 0.717) is 29.7 Å². The Hall–Kier alpha value is -2.15. The summed E-state index contributed by atoms with van der Waals surface area (Å²) in [7, 11) is 0. The van der Waals surface area contributed by atoms with Gasteiger partial charge in [0.05, 0.1) is 12.1 Å². The van der Waals surface area contributed by atoms with Crippen molar-refractivity contribution < 1.29 is 13.7 Å². The maximum atomic E-state index is 12.4. The molecule has 0 spiro atoms. The summed E-state index contributed by atoms with van der Waals surface area (Å²) in [5.74, 6) is 3.49. The van der Waals surface area contributed by atoms with Crippen LogP contribution < -0.4 is 5.32 Å². The van der Waals surface area contributed by atoms with Crippen molar-refractivity contribution in [3.05, 3.63) is 34.9 Å². The van der Waals surface area contributed by atoms with Crippen molar-refractivity contribution in [3.63, 3.8) is 0 Å². The number of nitrogens with one attached hydrogen (secondary N) is 1. The highest BCUT2D eigenvalue weighted by Gasteiger charge is 2.26. The first kappa shape index (κ1) is 18.2. The Morgan fingerprint density at radius 3 is 2.63 bits per heavy atom. The van der Waals surface area contributed by atoms with Crippen LogP contribution in [0, 0.1) is 13.8 Å². The van der Waals surface area contributed by atoms with Gasteiger partial charge in [-0.15, -0.1) is 0 Å². The third-order valence-corrected chi connectivity index (χ3v) is 5.77. The van der Waals surface area contributed by atoms with Crippen molar-refractivity contribution >= 4 is 5.91 Å². The molecule has 4 rings (SSSR count). The van der Waals surface area contributed by atoms with E-state index in [4.69, 9.17) is 8.94 Å². The summed E-state index contributed by atoms with van der Waals surface area (Å²) in [6.45, 7) is 6.21. The van der Waals surface area contributed by atoms with Crippen LogP contribution in [0.25, 0.3) is 0 Å². The number of carbonyl (C=O) groups excluding carboxylic acids is 1. The molecular weight excluding hydrogens is 344 g/mol. The van der Waals surface area contributed by atoms with Crippen molar-refractivity contribution in [1.82, 2.24) is 20.4 Å². The Morgan fingerprint density at radius 2 is 1.96 bits per heavy atom. The predicted octanol–water partition coefficient (Wildman–Crippen LogP) is 3.33. The van der Waals surface area contributed by atoms with E-state index in [-0.39, 0.29) is 11.9 Å². The van der Waals surface area contributed by atoms with E-state index in [1.807, 2.05) is 13.8 Å². The van der Waals surface area contributed by atoms with Gasteiger partial charge in [0, 0.05) is 25.0 Å². The number of aromatic nitrogens is 2. The molecular formula is C20H28N4O3. The Balaban J connectivity index is 1.25. The number of hydrogen-bond donors (Lipinski definition) is 1. The molecule has 1 saturated heterocycles. The average molecular weight is 372 g/mol. The maximum absolute atomic E-state index is 12.4. The van der Waals surface area contributed by atoms with Gasteiger partial charge in [0.2, 0.25) is 5.89 Å². The smallest absolute Gasteiger partial charge is 0.255 e. The van der Waals surface area contributed by atoms with E-state index in [1.165, 1.54) is 25.7 Å². The molecule has 3 heterocycles. The SMILES string of the molecule is Cc1cc(C(=O)NC2CCN(Cc3nc(C4CCCC4)no3)CC2)c(C)o1. The molecule has 146 valence electrons. The molecule has 0 bridgehead atoms. The van der Waals surface area contributed by atoms with Crippen LogP contribution in [-0.4, -0.2) is 40.1 Å². The number of hydrogen-bond acceptors (Lipinski definition) is 6. The molecule has 2 aromatic rings. The number of piperidine rings is 1. The molecule has 1 N–H and O–H groups in total. The normalized spacial score (nSPS) is 19.6. The molecule has 27 heavy (non-hydrogen) atoms. The fraction of sp³-hybridized carbons (Fsp3) is 0.650. The predicted molar refractivity (Wildman–Crippen MR) is 99.5 cm³/mol. The molecule has 0 radical (unpaired) electrons. The molecule has 0 atom stereocenters. The number of amides is 1. The van der Waals surface area contributed by atoms with Gasteiger partial charge in [0.1, 0.15) is 11.5 Å². The highest BCUT2D eigenvalue weighted by Crippen LogP contribution is 2.32. The Kier molecular flexibility index (Phi) is 5.29. The quantitative estimate of drug-likeness (QED) is 0.867. The summed E-state index contributed by atoms with van der Waals surface area (Å²) in [6, 6.07) is 2.00. The van der Waals surface area contributed by atoms with Crippen LogP contribution in [0.1, 0.15) is 78.0 Å². The zero-order chi connectivity index (χ0) is 18.8. The van der Waals surface area contributed by atoms with E-state index in [2.05, 4.69) is 20.4 Å². The van der Waals surface area contributed by atoms with Gasteiger partial charge in [-0.25, -0.2) is 0 Å². The van der Waals surface area contributed by atoms with Gasteiger partial charge < -0.3 is 14.3 Å². The summed E-state index contributed by atoms with van der Waals surface area (Å²) in [5.41, 5.74) is 0.639. The topological polar surface area (TPSA) is 84.4 Å². The lowest BCUT2D eigenvalue weighted by atomic mass is 10.0. The zero-order valence-electron chi connectivity index (χ0n) is 16.2. The van der Waals surface area contributed by atoms with Crippen molar-refractivity contribution in [2.24, 2.45) is 0 Å². The highest BCUT2D eigenvalue weighted by molar-refractivity contribution is 5.95. The van der Waals surface area contributed by atoms with Gasteiger partial charge in [0.25, 0.3) is 5.91 Å². The Bertz CT molecular complexity index is 783. The van der Waals surface area contributed by atoms with Gasteiger partial charge >= 0.3 is 0 Å². The molecule has 0 unspecified atom stereocenters. The highest BCUT2D eigenvalue weighted by atomic mass is 16.5. The van der Waals surface area contributed by atoms with Gasteiger partial charge in [0.15, 0.2) is 5.82 Å². The van der Waals surface area contributed by atoms with Crippen molar-refractivity contribution in [2.75, 3.05) is 13.1 Å². The van der Waals surface area contributed by atoms with Crippen molar-refractivity contribution in [2.45, 2.75) is 70.9 Å². The lowest BCUT2D eigenvalue weighted by Gasteiger charge is -2.31. The van der Waals surface area contributed by atoms with E-state index < -0.39 is 0 Å². The molecule has 1 aliphatic heterocycles. The number of carbonyl (C=O) groups is 1. The van der Waals surface area contributed by atoms with E-state index >= 15 is 0 Å². The van der Waals surface area contributed by atoms with Crippen LogP contribution in [0.15, 0.2) is 15.0 Å². The maximum Gasteiger partial charge on any atom is 0.255 e. The van der Waals surface area contributed by atoms with Crippen LogP contribution in [0.4, 0.5) is 0 Å². The second kappa shape index (κ2) is 7.84. The van der Waals surface area contributed by atoms with Crippen LogP contribution in [0.2, 0.25) is 0 Å². The second-order valence-corrected chi connectivity index (χ2v) is 7.88. The molecule has 2 aromatic heterocycles. The first-order valence-electron chi connectivity index (χ1n) is 10.0. The fourth-order valence-electron chi connectivity index (χ4n) is 4.23. The minimum absolute atomic E-state index is 0.0408. The van der Waals surface area contributed by atoms with Crippen LogP contribution >= 0.6 is 0 Å². The zero-order valence-corrected chi connectivity index (χ0v) is 16.2. The number of nitrogens with zero attached hydrogens (tertiary/aromatic N) is 3. The first-order chi connectivity index (χ1) is 13.1. The Labute approximate surface area is 159 Å². The fourth-order valence-corrected chi connectivity index (χ4v) is 4.23. The number of likely N-dealkylation sites (tertiary alicyclic amines) is 1. The number of furan rings is 1. The summed E-state index contributed by atoms with van der Waals surface area (Å²) >= 11 is 0. The second-order valence-electron chi connectivity index (χ2n) is 7.88. The van der Waals surface area contributed by atoms with E-state index in [1.54, 1.807) is 6.07 Å². The van der Waals surface area contributed by atoms with E-state index in [9.17, 15) is 4.79 Å². The van der Waals surface area contributed by atoms with Gasteiger partial charge in [-0.3, -0.25) is 9.69 Å². The summed E-state index contributed by atoms with van der Waals surface area (Å²) in [5, 5.41) is 7.32. The van der Waals surface area contributed by atoms with E-state index in [0.717, 1.165) is 37.5 Å². The molecule has 1 saturated carbocycles. The third-order valence-electron chi connectivity index (χ3n) is 5.77. The minimum Gasteiger partial charge on any atom is -0.466 e. The molecule has 2 fully saturated rings. The molecule has 1 aliphatic carbocycles. The number of aryl methyl sites for hydroxylation is 2. The summed E-state index contributed by atoms with van der Waals surface area (Å²) < 4.78 is 10.9. The first-order valence-corrected chi connectivity index (χ1v) is 10.0.